The van der Waals surface area contributed by atoms with Crippen LogP contribution in [0.1, 0.15) is 12.5 Å². The van der Waals surface area contributed by atoms with Gasteiger partial charge < -0.3 is 15.0 Å². The number of ether oxygens (including phenoxy) is 1. The van der Waals surface area contributed by atoms with Gasteiger partial charge in [-0.25, -0.2) is 4.79 Å². The molecule has 1 heterocycles. The van der Waals surface area contributed by atoms with E-state index in [-0.39, 0.29) is 23.9 Å². The maximum Gasteiger partial charge on any atom is 0.416 e. The van der Waals surface area contributed by atoms with Crippen molar-refractivity contribution in [1.29, 1.82) is 0 Å². The highest BCUT2D eigenvalue weighted by atomic mass is 19.4. The first-order chi connectivity index (χ1) is 10.3. The van der Waals surface area contributed by atoms with Crippen molar-refractivity contribution in [3.8, 4) is 5.75 Å². The van der Waals surface area contributed by atoms with Gasteiger partial charge in [0.05, 0.1) is 18.2 Å². The van der Waals surface area contributed by atoms with Gasteiger partial charge in [0.1, 0.15) is 11.9 Å². The number of nitrogens with zero attached hydrogens (tertiary/aromatic N) is 1. The number of hydrogen-bond acceptors (Lipinski definition) is 2. The lowest BCUT2D eigenvalue weighted by Crippen LogP contribution is -2.65. The number of hydrogen-bond donors (Lipinski definition) is 1. The predicted molar refractivity (Wildman–Crippen MR) is 75.6 cm³/mol. The van der Waals surface area contributed by atoms with Gasteiger partial charge in [-0.3, -0.25) is 0 Å². The number of carbonyl (C=O) groups is 1. The van der Waals surface area contributed by atoms with E-state index in [1.807, 2.05) is 0 Å². The third-order valence-corrected chi connectivity index (χ3v) is 3.51. The van der Waals surface area contributed by atoms with Crippen molar-refractivity contribution in [3.05, 3.63) is 42.5 Å². The van der Waals surface area contributed by atoms with Gasteiger partial charge in [0.2, 0.25) is 0 Å². The fourth-order valence-electron chi connectivity index (χ4n) is 2.16. The van der Waals surface area contributed by atoms with Gasteiger partial charge in [-0.1, -0.05) is 12.1 Å². The molecule has 1 aromatic carbocycles. The highest BCUT2D eigenvalue weighted by Crippen LogP contribution is 2.32. The van der Waals surface area contributed by atoms with Crippen molar-refractivity contribution in [2.24, 2.45) is 0 Å². The summed E-state index contributed by atoms with van der Waals surface area (Å²) in [6.45, 7) is 5.99. The number of alkyl halides is 3. The van der Waals surface area contributed by atoms with E-state index in [2.05, 4.69) is 11.9 Å². The minimum absolute atomic E-state index is 0.151. The van der Waals surface area contributed by atoms with E-state index in [0.29, 0.717) is 13.1 Å². The summed E-state index contributed by atoms with van der Waals surface area (Å²) in [4.78, 5) is 13.3. The molecular formula is C15H17F3N2O2. The van der Waals surface area contributed by atoms with E-state index in [1.165, 1.54) is 12.1 Å². The highest BCUT2D eigenvalue weighted by molar-refractivity contribution is 5.75. The lowest BCUT2D eigenvalue weighted by Gasteiger charge is -2.45. The van der Waals surface area contributed by atoms with E-state index in [0.717, 1.165) is 12.1 Å². The Bertz CT molecular complexity index is 560. The van der Waals surface area contributed by atoms with Crippen LogP contribution >= 0.6 is 0 Å². The van der Waals surface area contributed by atoms with Crippen LogP contribution in [-0.4, -0.2) is 36.2 Å². The molecule has 1 N–H and O–H groups in total. The summed E-state index contributed by atoms with van der Waals surface area (Å²) >= 11 is 0. The summed E-state index contributed by atoms with van der Waals surface area (Å²) in [6.07, 6.45) is -3.15. The Kier molecular flexibility index (Phi) is 4.63. The Balaban J connectivity index is 1.94. The monoisotopic (exact) mass is 314 g/mol. The Morgan fingerprint density at radius 3 is 2.86 bits per heavy atom. The standard InChI is InChI=1S/C15H17F3N2O2/c1-3-7-19-14(21)20-9-13(10(20)2)22-12-6-4-5-11(8-12)15(16,17)18/h3-6,8,10,13H,1,7,9H2,2H3,(H,19,21)/t10-,13+/m0/s1. The van der Waals surface area contributed by atoms with Gasteiger partial charge >= 0.3 is 12.2 Å². The second kappa shape index (κ2) is 6.29. The van der Waals surface area contributed by atoms with Gasteiger partial charge in [-0.15, -0.1) is 6.58 Å². The molecule has 1 aliphatic rings. The molecule has 0 spiro atoms. The molecule has 0 aromatic heterocycles. The Morgan fingerprint density at radius 1 is 1.55 bits per heavy atom. The van der Waals surface area contributed by atoms with Crippen molar-refractivity contribution in [2.75, 3.05) is 13.1 Å². The van der Waals surface area contributed by atoms with E-state index < -0.39 is 11.7 Å². The third-order valence-electron chi connectivity index (χ3n) is 3.51. The first-order valence-corrected chi connectivity index (χ1v) is 6.82. The lowest BCUT2D eigenvalue weighted by molar-refractivity contribution is -0.137. The number of urea groups is 1. The van der Waals surface area contributed by atoms with Gasteiger partial charge in [-0.2, -0.15) is 13.2 Å². The summed E-state index contributed by atoms with van der Waals surface area (Å²) in [7, 11) is 0. The molecule has 0 bridgehead atoms. The lowest BCUT2D eigenvalue weighted by atomic mass is 10.0. The van der Waals surface area contributed by atoms with Crippen LogP contribution in [-0.2, 0) is 6.18 Å². The maximum atomic E-state index is 12.6. The first-order valence-electron chi connectivity index (χ1n) is 6.82. The average Bonchev–Trinajstić information content (AvgIpc) is 2.47. The molecule has 0 aliphatic carbocycles. The van der Waals surface area contributed by atoms with Gasteiger partial charge in [0.15, 0.2) is 0 Å². The van der Waals surface area contributed by atoms with Gasteiger partial charge in [0, 0.05) is 6.54 Å². The fraction of sp³-hybridized carbons (Fsp3) is 0.400. The van der Waals surface area contributed by atoms with Crippen LogP contribution in [0, 0.1) is 0 Å². The molecule has 1 fully saturated rings. The normalized spacial score (nSPS) is 21.0. The van der Waals surface area contributed by atoms with Crippen LogP contribution in [0.2, 0.25) is 0 Å². The molecule has 22 heavy (non-hydrogen) atoms. The van der Waals surface area contributed by atoms with Crippen molar-refractivity contribution < 1.29 is 22.7 Å². The van der Waals surface area contributed by atoms with E-state index in [4.69, 9.17) is 4.74 Å². The number of benzene rings is 1. The van der Waals surface area contributed by atoms with E-state index in [1.54, 1.807) is 17.9 Å². The topological polar surface area (TPSA) is 41.6 Å². The van der Waals surface area contributed by atoms with Gasteiger partial charge in [-0.05, 0) is 25.1 Å². The van der Waals surface area contributed by atoms with Crippen molar-refractivity contribution in [2.45, 2.75) is 25.2 Å². The first kappa shape index (κ1) is 16.2. The van der Waals surface area contributed by atoms with E-state index >= 15 is 0 Å². The molecule has 1 saturated heterocycles. The second-order valence-electron chi connectivity index (χ2n) is 5.05. The zero-order valence-electron chi connectivity index (χ0n) is 12.1. The average molecular weight is 314 g/mol. The molecule has 0 radical (unpaired) electrons. The summed E-state index contributed by atoms with van der Waals surface area (Å²) in [5.41, 5.74) is -0.752. The largest absolute Gasteiger partial charge is 0.486 e. The van der Waals surface area contributed by atoms with E-state index in [9.17, 15) is 18.0 Å². The maximum absolute atomic E-state index is 12.6. The minimum atomic E-state index is -4.40. The molecule has 4 nitrogen and oxygen atoms in total. The number of halogens is 3. The Morgan fingerprint density at radius 2 is 2.27 bits per heavy atom. The van der Waals surface area contributed by atoms with Crippen LogP contribution in [0.15, 0.2) is 36.9 Å². The fourth-order valence-corrected chi connectivity index (χ4v) is 2.16. The molecule has 0 unspecified atom stereocenters. The molecule has 0 saturated carbocycles. The number of nitrogens with one attached hydrogen (secondary N) is 1. The third kappa shape index (κ3) is 3.52. The molecule has 2 atom stereocenters. The van der Waals surface area contributed by atoms with Crippen molar-refractivity contribution >= 4 is 6.03 Å². The van der Waals surface area contributed by atoms with Crippen LogP contribution < -0.4 is 10.1 Å². The number of likely N-dealkylation sites (tertiary alicyclic amines) is 1. The predicted octanol–water partition coefficient (Wildman–Crippen LogP) is 3.05. The summed E-state index contributed by atoms with van der Waals surface area (Å²) < 4.78 is 43.5. The second-order valence-corrected chi connectivity index (χ2v) is 5.05. The molecular weight excluding hydrogens is 297 g/mol. The van der Waals surface area contributed by atoms with Crippen LogP contribution in [0.25, 0.3) is 0 Å². The molecule has 2 amide bonds. The molecule has 120 valence electrons. The Hall–Kier alpha value is -2.18. The van der Waals surface area contributed by atoms with Crippen LogP contribution in [0.5, 0.6) is 5.75 Å². The molecule has 2 rings (SSSR count). The molecule has 1 aliphatic heterocycles. The quantitative estimate of drug-likeness (QED) is 0.868. The van der Waals surface area contributed by atoms with Crippen molar-refractivity contribution in [3.63, 3.8) is 0 Å². The molecule has 7 heteroatoms. The SMILES string of the molecule is C=CCNC(=O)N1C[C@@H](Oc2cccc(C(F)(F)F)c2)[C@@H]1C. The van der Waals surface area contributed by atoms with Crippen LogP contribution in [0.3, 0.4) is 0 Å². The zero-order chi connectivity index (χ0) is 16.3. The number of carbonyl (C=O) groups excluding carboxylic acids is 1. The Labute approximate surface area is 126 Å². The highest BCUT2D eigenvalue weighted by Gasteiger charge is 2.40. The van der Waals surface area contributed by atoms with Crippen molar-refractivity contribution in [1.82, 2.24) is 10.2 Å². The number of amides is 2. The van der Waals surface area contributed by atoms with Gasteiger partial charge in [0.25, 0.3) is 0 Å². The summed E-state index contributed by atoms with van der Waals surface area (Å²) in [6, 6.07) is 4.29. The molecule has 1 aromatic rings. The summed E-state index contributed by atoms with van der Waals surface area (Å²) in [5.74, 6) is 0.151. The summed E-state index contributed by atoms with van der Waals surface area (Å²) in [5, 5.41) is 2.64. The smallest absolute Gasteiger partial charge is 0.416 e. The zero-order valence-corrected chi connectivity index (χ0v) is 12.1. The minimum Gasteiger partial charge on any atom is -0.486 e. The number of rotatable bonds is 4. The van der Waals surface area contributed by atoms with Crippen LogP contribution in [0.4, 0.5) is 18.0 Å².